The van der Waals surface area contributed by atoms with Gasteiger partial charge in [0.25, 0.3) is 0 Å². The van der Waals surface area contributed by atoms with Crippen molar-refractivity contribution in [2.75, 3.05) is 22.9 Å². The Kier molecular flexibility index (Phi) is 5.04. The predicted molar refractivity (Wildman–Crippen MR) is 86.8 cm³/mol. The summed E-state index contributed by atoms with van der Waals surface area (Å²) in [6.07, 6.45) is 1.42. The summed E-state index contributed by atoms with van der Waals surface area (Å²) in [4.78, 5) is 0. The summed E-state index contributed by atoms with van der Waals surface area (Å²) >= 11 is 0. The van der Waals surface area contributed by atoms with E-state index in [4.69, 9.17) is 4.74 Å². The average Bonchev–Trinajstić information content (AvgIpc) is 2.85. The van der Waals surface area contributed by atoms with Crippen LogP contribution >= 0.6 is 0 Å². The van der Waals surface area contributed by atoms with Crippen molar-refractivity contribution in [3.63, 3.8) is 0 Å². The van der Waals surface area contributed by atoms with Crippen LogP contribution in [0.15, 0.2) is 36.5 Å². The molecule has 1 aromatic heterocycles. The van der Waals surface area contributed by atoms with E-state index in [0.29, 0.717) is 17.2 Å². The number of aromatic nitrogens is 2. The first-order valence-electron chi connectivity index (χ1n) is 6.78. The van der Waals surface area contributed by atoms with Crippen LogP contribution in [0, 0.1) is 0 Å². The van der Waals surface area contributed by atoms with Gasteiger partial charge in [0.15, 0.2) is 5.82 Å². The van der Waals surface area contributed by atoms with Gasteiger partial charge in [-0.3, -0.25) is 9.40 Å². The number of rotatable bonds is 7. The van der Waals surface area contributed by atoms with Crippen molar-refractivity contribution in [2.45, 2.75) is 13.0 Å². The molecule has 8 heteroatoms. The third-order valence-corrected chi connectivity index (χ3v) is 4.46. The first-order valence-corrected chi connectivity index (χ1v) is 8.44. The molecule has 0 unspecified atom stereocenters. The molecule has 0 spiro atoms. The van der Waals surface area contributed by atoms with Crippen molar-refractivity contribution in [2.24, 2.45) is 7.05 Å². The van der Waals surface area contributed by atoms with Gasteiger partial charge in [-0.15, -0.1) is 0 Å². The van der Waals surface area contributed by atoms with Gasteiger partial charge >= 0.3 is 0 Å². The van der Waals surface area contributed by atoms with Crippen LogP contribution in [0.25, 0.3) is 0 Å². The largest absolute Gasteiger partial charge is 0.381 e. The zero-order valence-electron chi connectivity index (χ0n) is 12.8. The highest BCUT2D eigenvalue weighted by Crippen LogP contribution is 2.25. The van der Waals surface area contributed by atoms with Gasteiger partial charge in [-0.2, -0.15) is 5.10 Å². The van der Waals surface area contributed by atoms with Crippen molar-refractivity contribution in [1.82, 2.24) is 9.78 Å². The molecule has 1 aromatic carbocycles. The third kappa shape index (κ3) is 4.47. The number of benzene rings is 1. The lowest BCUT2D eigenvalue weighted by Crippen LogP contribution is -2.25. The molecular formula is C14H20N4O3S. The lowest BCUT2D eigenvalue weighted by Gasteiger charge is -2.15. The summed E-state index contributed by atoms with van der Waals surface area (Å²) in [6, 6.07) is 8.87. The maximum Gasteiger partial charge on any atom is 0.235 e. The Balaban J connectivity index is 2.18. The van der Waals surface area contributed by atoms with E-state index in [1.807, 2.05) is 13.1 Å². The molecule has 22 heavy (non-hydrogen) atoms. The molecule has 0 aliphatic heterocycles. The number of para-hydroxylation sites is 2. The lowest BCUT2D eigenvalue weighted by molar-refractivity contribution is 0.136. The van der Waals surface area contributed by atoms with E-state index >= 15 is 0 Å². The number of aryl methyl sites for hydroxylation is 1. The number of anilines is 3. The Morgan fingerprint density at radius 3 is 2.55 bits per heavy atom. The molecule has 2 rings (SSSR count). The molecule has 0 aliphatic rings. The van der Waals surface area contributed by atoms with Gasteiger partial charge in [0.1, 0.15) is 0 Å². The van der Waals surface area contributed by atoms with Crippen LogP contribution in [0.5, 0.6) is 0 Å². The van der Waals surface area contributed by atoms with Crippen molar-refractivity contribution in [3.05, 3.63) is 36.5 Å². The minimum Gasteiger partial charge on any atom is -0.381 e. The highest BCUT2D eigenvalue weighted by molar-refractivity contribution is 7.92. The van der Waals surface area contributed by atoms with Crippen LogP contribution < -0.4 is 10.0 Å². The molecule has 0 radical (unpaired) electrons. The molecule has 0 amide bonds. The maximum atomic E-state index is 12.1. The number of hydrogen-bond acceptors (Lipinski definition) is 5. The van der Waals surface area contributed by atoms with Crippen molar-refractivity contribution in [1.29, 1.82) is 0 Å². The zero-order valence-corrected chi connectivity index (χ0v) is 13.6. The van der Waals surface area contributed by atoms with Crippen LogP contribution in [0.4, 0.5) is 17.2 Å². The van der Waals surface area contributed by atoms with Crippen molar-refractivity contribution in [3.8, 4) is 0 Å². The molecule has 0 bridgehead atoms. The lowest BCUT2D eigenvalue weighted by atomic mass is 10.3. The normalized spacial score (nSPS) is 12.9. The second-order valence-electron chi connectivity index (χ2n) is 4.98. The van der Waals surface area contributed by atoms with Crippen molar-refractivity contribution < 1.29 is 13.2 Å². The molecule has 0 saturated carbocycles. The zero-order chi connectivity index (χ0) is 16.2. The third-order valence-electron chi connectivity index (χ3n) is 3.03. The monoisotopic (exact) mass is 324 g/mol. The van der Waals surface area contributed by atoms with Crippen LogP contribution in [-0.2, 0) is 21.8 Å². The number of methoxy groups -OCH3 is 1. The van der Waals surface area contributed by atoms with Gasteiger partial charge in [-0.25, -0.2) is 8.42 Å². The number of ether oxygens (including phenoxy) is 1. The highest BCUT2D eigenvalue weighted by atomic mass is 32.2. The van der Waals surface area contributed by atoms with Crippen molar-refractivity contribution >= 4 is 27.2 Å². The van der Waals surface area contributed by atoms with E-state index in [-0.39, 0.29) is 11.9 Å². The fraction of sp³-hybridized carbons (Fsp3) is 0.357. The number of hydrogen-bond donors (Lipinski definition) is 2. The molecule has 0 aliphatic carbocycles. The smallest absolute Gasteiger partial charge is 0.235 e. The topological polar surface area (TPSA) is 85.3 Å². The Bertz CT molecular complexity index is 727. The Morgan fingerprint density at radius 2 is 1.95 bits per heavy atom. The second-order valence-corrected chi connectivity index (χ2v) is 6.74. The molecular weight excluding hydrogens is 304 g/mol. The predicted octanol–water partition coefficient (Wildman–Crippen LogP) is 1.94. The fourth-order valence-electron chi connectivity index (χ4n) is 1.89. The second kappa shape index (κ2) is 6.80. The highest BCUT2D eigenvalue weighted by Gasteiger charge is 2.17. The molecule has 1 atom stereocenters. The average molecular weight is 324 g/mol. The van der Waals surface area contributed by atoms with Gasteiger partial charge < -0.3 is 10.1 Å². The SMILES string of the molecule is CO[C@@H](C)CS(=O)(=O)Nc1ccccc1Nc1ccn(C)n1. The Labute approximate surface area is 130 Å². The first kappa shape index (κ1) is 16.3. The molecule has 120 valence electrons. The van der Waals surface area contributed by atoms with Crippen LogP contribution in [0.1, 0.15) is 6.92 Å². The molecule has 1 heterocycles. The summed E-state index contributed by atoms with van der Waals surface area (Å²) in [5.41, 5.74) is 1.10. The number of sulfonamides is 1. The Morgan fingerprint density at radius 1 is 1.27 bits per heavy atom. The van der Waals surface area contributed by atoms with E-state index in [0.717, 1.165) is 0 Å². The molecule has 2 N–H and O–H groups in total. The minimum absolute atomic E-state index is 0.110. The fourth-order valence-corrected chi connectivity index (χ4v) is 3.24. The van der Waals surface area contributed by atoms with Gasteiger partial charge in [0.2, 0.25) is 10.0 Å². The molecule has 2 aromatic rings. The maximum absolute atomic E-state index is 12.1. The van der Waals surface area contributed by atoms with E-state index < -0.39 is 10.0 Å². The van der Waals surface area contributed by atoms with Crippen LogP contribution in [0.2, 0.25) is 0 Å². The molecule has 0 fully saturated rings. The molecule has 0 saturated heterocycles. The number of nitrogens with one attached hydrogen (secondary N) is 2. The summed E-state index contributed by atoms with van der Waals surface area (Å²) in [5.74, 6) is 0.529. The summed E-state index contributed by atoms with van der Waals surface area (Å²) in [5, 5.41) is 7.31. The van der Waals surface area contributed by atoms with Gasteiger partial charge in [-0.1, -0.05) is 12.1 Å². The first-order chi connectivity index (χ1) is 10.4. The standard InChI is InChI=1S/C14H20N4O3S/c1-11(21-3)10-22(19,20)17-13-7-5-4-6-12(13)15-14-8-9-18(2)16-14/h4-9,11,17H,10H2,1-3H3,(H,15,16)/t11-/m0/s1. The van der Waals surface area contributed by atoms with E-state index in [9.17, 15) is 8.42 Å². The van der Waals surface area contributed by atoms with Gasteiger partial charge in [0, 0.05) is 26.4 Å². The van der Waals surface area contributed by atoms with E-state index in [1.54, 1.807) is 42.1 Å². The number of nitrogens with zero attached hydrogens (tertiary/aromatic N) is 2. The van der Waals surface area contributed by atoms with Crippen LogP contribution in [0.3, 0.4) is 0 Å². The van der Waals surface area contributed by atoms with Crippen LogP contribution in [-0.4, -0.2) is 37.2 Å². The van der Waals surface area contributed by atoms with Gasteiger partial charge in [0.05, 0.1) is 23.2 Å². The van der Waals surface area contributed by atoms with E-state index in [1.165, 1.54) is 7.11 Å². The van der Waals surface area contributed by atoms with Gasteiger partial charge in [-0.05, 0) is 19.1 Å². The summed E-state index contributed by atoms with van der Waals surface area (Å²) < 4.78 is 33.5. The summed E-state index contributed by atoms with van der Waals surface area (Å²) in [7, 11) is -0.202. The quantitative estimate of drug-likeness (QED) is 0.813. The minimum atomic E-state index is -3.50. The molecule has 7 nitrogen and oxygen atoms in total. The Hall–Kier alpha value is -2.06. The van der Waals surface area contributed by atoms with E-state index in [2.05, 4.69) is 15.1 Å². The summed E-state index contributed by atoms with van der Waals surface area (Å²) in [6.45, 7) is 1.71.